The Labute approximate surface area is 244 Å². The van der Waals surface area contributed by atoms with Crippen LogP contribution in [-0.2, 0) is 48.5 Å². The standard InChI is InChI=1S/3C10H10O2.2Fe/c3*1-8(11)7-10(12)9-5-3-2-4-6-9;;/h3*2-6H,7H2,1H3;;. The van der Waals surface area contributed by atoms with Gasteiger partial charge in [-0.1, -0.05) is 91.0 Å². The molecule has 0 radical (unpaired) electrons. The predicted octanol–water partition coefficient (Wildman–Crippen LogP) is 5.54. The van der Waals surface area contributed by atoms with Crippen molar-refractivity contribution in [2.45, 2.75) is 40.0 Å². The number of rotatable bonds is 9. The van der Waals surface area contributed by atoms with Gasteiger partial charge in [-0.3, -0.25) is 28.8 Å². The molecule has 0 saturated heterocycles. The Morgan fingerprint density at radius 3 is 0.737 bits per heavy atom. The van der Waals surface area contributed by atoms with Crippen molar-refractivity contribution in [1.29, 1.82) is 0 Å². The SMILES string of the molecule is CC(=O)CC(=O)c1ccccc1.CC(=O)CC(=O)c1ccccc1.CC(=O)CC(=O)c1ccccc1.[Fe].[Fe]. The molecule has 0 atom stereocenters. The van der Waals surface area contributed by atoms with Gasteiger partial charge in [-0.2, -0.15) is 0 Å². The minimum atomic E-state index is -0.108. The van der Waals surface area contributed by atoms with Crippen LogP contribution in [0.2, 0.25) is 0 Å². The van der Waals surface area contributed by atoms with Gasteiger partial charge in [-0.25, -0.2) is 0 Å². The summed E-state index contributed by atoms with van der Waals surface area (Å²) in [5.41, 5.74) is 1.81. The van der Waals surface area contributed by atoms with Crippen LogP contribution in [-0.4, -0.2) is 34.7 Å². The molecule has 0 aliphatic rings. The van der Waals surface area contributed by atoms with Crippen LogP contribution in [0.1, 0.15) is 71.1 Å². The molecule has 0 amide bonds. The zero-order chi connectivity index (χ0) is 26.9. The topological polar surface area (TPSA) is 102 Å². The predicted molar refractivity (Wildman–Crippen MR) is 138 cm³/mol. The Hall–Kier alpha value is -3.28. The van der Waals surface area contributed by atoms with Gasteiger partial charge in [0.2, 0.25) is 0 Å². The van der Waals surface area contributed by atoms with Crippen LogP contribution < -0.4 is 0 Å². The zero-order valence-electron chi connectivity index (χ0n) is 21.4. The summed E-state index contributed by atoms with van der Waals surface area (Å²) in [6.45, 7) is 4.25. The molecule has 0 fully saturated rings. The van der Waals surface area contributed by atoms with Crippen LogP contribution >= 0.6 is 0 Å². The second-order valence-electron chi connectivity index (χ2n) is 8.00. The normalized spacial score (nSPS) is 8.92. The molecule has 0 heterocycles. The molecule has 202 valence electrons. The summed E-state index contributed by atoms with van der Waals surface area (Å²) in [6.07, 6.45) is 0.0119. The molecule has 0 saturated carbocycles. The fraction of sp³-hybridized carbons (Fsp3) is 0.200. The van der Waals surface area contributed by atoms with Gasteiger partial charge >= 0.3 is 0 Å². The van der Waals surface area contributed by atoms with Gasteiger partial charge in [-0.05, 0) is 20.8 Å². The van der Waals surface area contributed by atoms with E-state index in [2.05, 4.69) is 0 Å². The molecular weight excluding hydrogens is 568 g/mol. The van der Waals surface area contributed by atoms with Crippen LogP contribution in [0.5, 0.6) is 0 Å². The Morgan fingerprint density at radius 1 is 0.395 bits per heavy atom. The molecule has 0 N–H and O–H groups in total. The fourth-order valence-electron chi connectivity index (χ4n) is 2.86. The van der Waals surface area contributed by atoms with E-state index in [0.29, 0.717) is 16.7 Å². The molecule has 3 rings (SSSR count). The Kier molecular flexibility index (Phi) is 20.1. The monoisotopic (exact) mass is 598 g/mol. The van der Waals surface area contributed by atoms with Crippen molar-refractivity contribution in [3.8, 4) is 0 Å². The molecule has 8 heteroatoms. The van der Waals surface area contributed by atoms with E-state index >= 15 is 0 Å². The molecule has 3 aromatic rings. The Bertz CT molecular complexity index is 1030. The van der Waals surface area contributed by atoms with Crippen molar-refractivity contribution < 1.29 is 62.9 Å². The molecule has 0 aliphatic carbocycles. The molecule has 0 aromatic heterocycles. The third-order valence-electron chi connectivity index (χ3n) is 4.52. The maximum Gasteiger partial charge on any atom is 0.170 e. The summed E-state index contributed by atoms with van der Waals surface area (Å²) in [5.74, 6) is -0.606. The number of hydrogen-bond donors (Lipinski definition) is 0. The number of Topliss-reactive ketones (excluding diaryl/α,β-unsaturated/α-hetero) is 6. The van der Waals surface area contributed by atoms with Gasteiger partial charge < -0.3 is 0 Å². The maximum atomic E-state index is 11.2. The second-order valence-corrected chi connectivity index (χ2v) is 8.00. The summed E-state index contributed by atoms with van der Waals surface area (Å²) in [4.78, 5) is 65.5. The smallest absolute Gasteiger partial charge is 0.170 e. The summed E-state index contributed by atoms with van der Waals surface area (Å²) in [5, 5.41) is 0. The summed E-state index contributed by atoms with van der Waals surface area (Å²) in [6, 6.07) is 26.5. The number of benzene rings is 3. The van der Waals surface area contributed by atoms with Crippen LogP contribution in [0.15, 0.2) is 91.0 Å². The van der Waals surface area contributed by atoms with E-state index in [1.54, 1.807) is 72.8 Å². The van der Waals surface area contributed by atoms with E-state index in [4.69, 9.17) is 0 Å². The Balaban J connectivity index is 0. The number of carbonyl (C=O) groups is 6. The molecular formula is C30H30Fe2O6. The van der Waals surface area contributed by atoms with Crippen molar-refractivity contribution in [1.82, 2.24) is 0 Å². The minimum Gasteiger partial charge on any atom is -0.300 e. The summed E-state index contributed by atoms with van der Waals surface area (Å²) in [7, 11) is 0. The van der Waals surface area contributed by atoms with E-state index in [1.807, 2.05) is 18.2 Å². The third kappa shape index (κ3) is 16.5. The molecule has 0 bridgehead atoms. The first-order chi connectivity index (χ1) is 17.1. The minimum absolute atomic E-state index is 0. The van der Waals surface area contributed by atoms with Crippen molar-refractivity contribution in [2.75, 3.05) is 0 Å². The quantitative estimate of drug-likeness (QED) is 0.182. The van der Waals surface area contributed by atoms with Gasteiger partial charge in [0.1, 0.15) is 17.3 Å². The number of carbonyl (C=O) groups excluding carboxylic acids is 6. The average Bonchev–Trinajstić information content (AvgIpc) is 2.85. The molecule has 0 aliphatic heterocycles. The van der Waals surface area contributed by atoms with Crippen molar-refractivity contribution in [3.63, 3.8) is 0 Å². The third-order valence-corrected chi connectivity index (χ3v) is 4.52. The second kappa shape index (κ2) is 20.7. The molecule has 0 spiro atoms. The maximum absolute atomic E-state index is 11.2. The molecule has 3 aromatic carbocycles. The van der Waals surface area contributed by atoms with E-state index in [1.165, 1.54) is 20.8 Å². The van der Waals surface area contributed by atoms with Crippen LogP contribution in [0.25, 0.3) is 0 Å². The molecule has 6 nitrogen and oxygen atoms in total. The van der Waals surface area contributed by atoms with Crippen LogP contribution in [0.4, 0.5) is 0 Å². The first-order valence-corrected chi connectivity index (χ1v) is 11.3. The molecule has 38 heavy (non-hydrogen) atoms. The van der Waals surface area contributed by atoms with Gasteiger partial charge in [0.05, 0.1) is 19.3 Å². The van der Waals surface area contributed by atoms with Crippen molar-refractivity contribution >= 4 is 34.7 Å². The van der Waals surface area contributed by atoms with Gasteiger partial charge in [-0.15, -0.1) is 0 Å². The summed E-state index contributed by atoms with van der Waals surface area (Å²) >= 11 is 0. The van der Waals surface area contributed by atoms with E-state index in [0.717, 1.165) is 0 Å². The summed E-state index contributed by atoms with van der Waals surface area (Å²) < 4.78 is 0. The van der Waals surface area contributed by atoms with E-state index < -0.39 is 0 Å². The van der Waals surface area contributed by atoms with Crippen LogP contribution in [0, 0.1) is 0 Å². The van der Waals surface area contributed by atoms with Gasteiger partial charge in [0, 0.05) is 50.8 Å². The van der Waals surface area contributed by atoms with Gasteiger partial charge in [0.15, 0.2) is 17.3 Å². The largest absolute Gasteiger partial charge is 0.300 e. The van der Waals surface area contributed by atoms with Gasteiger partial charge in [0.25, 0.3) is 0 Å². The van der Waals surface area contributed by atoms with E-state index in [9.17, 15) is 28.8 Å². The average molecular weight is 598 g/mol. The zero-order valence-corrected chi connectivity index (χ0v) is 23.6. The number of hydrogen-bond acceptors (Lipinski definition) is 6. The van der Waals surface area contributed by atoms with Crippen molar-refractivity contribution in [2.24, 2.45) is 0 Å². The first kappa shape index (κ1) is 36.9. The molecule has 0 unspecified atom stereocenters. The fourth-order valence-corrected chi connectivity index (χ4v) is 2.86. The van der Waals surface area contributed by atoms with E-state index in [-0.39, 0.29) is 88.1 Å². The number of ketones is 6. The first-order valence-electron chi connectivity index (χ1n) is 11.3. The van der Waals surface area contributed by atoms with Crippen LogP contribution in [0.3, 0.4) is 0 Å². The Morgan fingerprint density at radius 2 is 0.579 bits per heavy atom. The van der Waals surface area contributed by atoms with Crippen molar-refractivity contribution in [3.05, 3.63) is 108 Å².